The minimum atomic E-state index is 0.667. The van der Waals surface area contributed by atoms with E-state index in [1.54, 1.807) is 10.9 Å². The number of halogens is 1. The monoisotopic (exact) mass is 322 g/mol. The molecule has 0 saturated heterocycles. The van der Waals surface area contributed by atoms with Gasteiger partial charge in [0, 0.05) is 26.8 Å². The molecule has 19 heavy (non-hydrogen) atoms. The van der Waals surface area contributed by atoms with E-state index in [2.05, 4.69) is 36.2 Å². The number of hydrogen-bond donors (Lipinski definition) is 0. The highest BCUT2D eigenvalue weighted by atomic mass is 79.9. The highest BCUT2D eigenvalue weighted by molar-refractivity contribution is 9.10. The molecular formula is C12H15BrN6. The van der Waals surface area contributed by atoms with Gasteiger partial charge in [0.15, 0.2) is 0 Å². The van der Waals surface area contributed by atoms with E-state index >= 15 is 0 Å². The number of rotatable bonds is 4. The minimum Gasteiger partial charge on any atom is -0.347 e. The standard InChI is InChI=1S/C12H15BrN6/c1-4-19-8-9(16-17-19)5-6-11-10(13)7-14-12(15-11)18(2)3/h5-8H,4H2,1-3H3/b6-5+. The molecular weight excluding hydrogens is 308 g/mol. The topological polar surface area (TPSA) is 59.7 Å². The van der Waals surface area contributed by atoms with Crippen LogP contribution >= 0.6 is 15.9 Å². The molecule has 6 nitrogen and oxygen atoms in total. The van der Waals surface area contributed by atoms with Crippen LogP contribution in [0.25, 0.3) is 12.2 Å². The molecule has 0 aromatic carbocycles. The lowest BCUT2D eigenvalue weighted by molar-refractivity contribution is 0.627. The van der Waals surface area contributed by atoms with Gasteiger partial charge in [0.2, 0.25) is 5.95 Å². The lowest BCUT2D eigenvalue weighted by Crippen LogP contribution is -2.13. The summed E-state index contributed by atoms with van der Waals surface area (Å²) in [6.45, 7) is 2.83. The zero-order valence-electron chi connectivity index (χ0n) is 11.1. The van der Waals surface area contributed by atoms with Gasteiger partial charge in [-0.25, -0.2) is 9.97 Å². The van der Waals surface area contributed by atoms with Gasteiger partial charge in [0.1, 0.15) is 5.69 Å². The van der Waals surface area contributed by atoms with Crippen LogP contribution in [0.2, 0.25) is 0 Å². The van der Waals surface area contributed by atoms with E-state index < -0.39 is 0 Å². The molecule has 2 rings (SSSR count). The largest absolute Gasteiger partial charge is 0.347 e. The second kappa shape index (κ2) is 5.92. The smallest absolute Gasteiger partial charge is 0.225 e. The van der Waals surface area contributed by atoms with Crippen molar-refractivity contribution in [3.05, 3.63) is 28.3 Å². The van der Waals surface area contributed by atoms with E-state index in [1.165, 1.54) is 0 Å². The van der Waals surface area contributed by atoms with E-state index in [1.807, 2.05) is 44.3 Å². The molecule has 0 saturated carbocycles. The van der Waals surface area contributed by atoms with Gasteiger partial charge >= 0.3 is 0 Å². The fraction of sp³-hybridized carbons (Fsp3) is 0.333. The van der Waals surface area contributed by atoms with E-state index in [9.17, 15) is 0 Å². The Kier molecular flexibility index (Phi) is 4.26. The first-order chi connectivity index (χ1) is 9.10. The summed E-state index contributed by atoms with van der Waals surface area (Å²) in [5, 5.41) is 8.02. The Balaban J connectivity index is 2.24. The van der Waals surface area contributed by atoms with Gasteiger partial charge in [-0.1, -0.05) is 5.21 Å². The summed E-state index contributed by atoms with van der Waals surface area (Å²) >= 11 is 3.44. The second-order valence-corrected chi connectivity index (χ2v) is 4.98. The van der Waals surface area contributed by atoms with Gasteiger partial charge in [-0.3, -0.25) is 4.68 Å². The third kappa shape index (κ3) is 3.37. The Hall–Kier alpha value is -1.76. The normalized spacial score (nSPS) is 11.2. The summed E-state index contributed by atoms with van der Waals surface area (Å²) in [5.74, 6) is 0.667. The molecule has 0 unspecified atom stereocenters. The zero-order valence-corrected chi connectivity index (χ0v) is 12.7. The van der Waals surface area contributed by atoms with Crippen molar-refractivity contribution in [1.29, 1.82) is 0 Å². The first kappa shape index (κ1) is 13.7. The van der Waals surface area contributed by atoms with Crippen LogP contribution in [0.3, 0.4) is 0 Å². The van der Waals surface area contributed by atoms with E-state index in [0.717, 1.165) is 22.4 Å². The summed E-state index contributed by atoms with van der Waals surface area (Å²) in [4.78, 5) is 10.5. The summed E-state index contributed by atoms with van der Waals surface area (Å²) < 4.78 is 2.62. The Labute approximate surface area is 120 Å². The van der Waals surface area contributed by atoms with Crippen molar-refractivity contribution in [2.24, 2.45) is 0 Å². The molecule has 0 aliphatic heterocycles. The van der Waals surface area contributed by atoms with Gasteiger partial charge in [-0.05, 0) is 35.0 Å². The summed E-state index contributed by atoms with van der Waals surface area (Å²) in [6, 6.07) is 0. The third-order valence-electron chi connectivity index (χ3n) is 2.45. The van der Waals surface area contributed by atoms with Gasteiger partial charge in [0.25, 0.3) is 0 Å². The first-order valence-corrected chi connectivity index (χ1v) is 6.67. The van der Waals surface area contributed by atoms with E-state index in [4.69, 9.17) is 0 Å². The molecule has 0 amide bonds. The molecule has 100 valence electrons. The highest BCUT2D eigenvalue weighted by Gasteiger charge is 2.04. The predicted octanol–water partition coefficient (Wildman–Crippen LogP) is 2.09. The fourth-order valence-corrected chi connectivity index (χ4v) is 1.73. The van der Waals surface area contributed by atoms with E-state index in [0.29, 0.717) is 5.95 Å². The number of nitrogens with zero attached hydrogens (tertiary/aromatic N) is 6. The molecule has 0 spiro atoms. The molecule has 0 atom stereocenters. The third-order valence-corrected chi connectivity index (χ3v) is 3.06. The molecule has 0 bridgehead atoms. The maximum atomic E-state index is 4.44. The average Bonchev–Trinajstić information content (AvgIpc) is 2.85. The van der Waals surface area contributed by atoms with Crippen molar-refractivity contribution in [3.63, 3.8) is 0 Å². The van der Waals surface area contributed by atoms with Crippen LogP contribution < -0.4 is 4.90 Å². The number of aryl methyl sites for hydroxylation is 1. The Bertz CT molecular complexity index is 590. The average molecular weight is 323 g/mol. The van der Waals surface area contributed by atoms with Gasteiger partial charge < -0.3 is 4.90 Å². The Morgan fingerprint density at radius 1 is 1.37 bits per heavy atom. The summed E-state index contributed by atoms with van der Waals surface area (Å²) in [7, 11) is 3.81. The molecule has 0 aliphatic rings. The van der Waals surface area contributed by atoms with Crippen molar-refractivity contribution in [3.8, 4) is 0 Å². The highest BCUT2D eigenvalue weighted by Crippen LogP contribution is 2.18. The van der Waals surface area contributed by atoms with E-state index in [-0.39, 0.29) is 0 Å². The molecule has 0 N–H and O–H groups in total. The lowest BCUT2D eigenvalue weighted by Gasteiger charge is -2.10. The van der Waals surface area contributed by atoms with Crippen molar-refractivity contribution >= 4 is 34.0 Å². The van der Waals surface area contributed by atoms with Gasteiger partial charge in [0.05, 0.1) is 16.4 Å². The predicted molar refractivity (Wildman–Crippen MR) is 78.7 cm³/mol. The molecule has 2 heterocycles. The molecule has 2 aromatic rings. The fourth-order valence-electron chi connectivity index (χ4n) is 1.41. The molecule has 7 heteroatoms. The van der Waals surface area contributed by atoms with Crippen LogP contribution in [0.5, 0.6) is 0 Å². The Morgan fingerprint density at radius 2 is 2.16 bits per heavy atom. The Morgan fingerprint density at radius 3 is 2.79 bits per heavy atom. The maximum absolute atomic E-state index is 4.44. The number of anilines is 1. The summed E-state index contributed by atoms with van der Waals surface area (Å²) in [5.41, 5.74) is 1.61. The number of aromatic nitrogens is 5. The number of hydrogen-bond acceptors (Lipinski definition) is 5. The first-order valence-electron chi connectivity index (χ1n) is 5.88. The quantitative estimate of drug-likeness (QED) is 0.862. The van der Waals surface area contributed by atoms with Crippen LogP contribution in [0, 0.1) is 0 Å². The van der Waals surface area contributed by atoms with Crippen molar-refractivity contribution in [2.45, 2.75) is 13.5 Å². The second-order valence-electron chi connectivity index (χ2n) is 4.13. The van der Waals surface area contributed by atoms with Crippen LogP contribution in [0.15, 0.2) is 16.9 Å². The van der Waals surface area contributed by atoms with Gasteiger partial charge in [-0.15, -0.1) is 5.10 Å². The van der Waals surface area contributed by atoms with Crippen LogP contribution in [-0.4, -0.2) is 39.1 Å². The van der Waals surface area contributed by atoms with Crippen LogP contribution in [0.4, 0.5) is 5.95 Å². The molecule has 2 aromatic heterocycles. The molecule has 0 aliphatic carbocycles. The maximum Gasteiger partial charge on any atom is 0.225 e. The molecule has 0 radical (unpaired) electrons. The van der Waals surface area contributed by atoms with Crippen molar-refractivity contribution in [1.82, 2.24) is 25.0 Å². The molecule has 0 fully saturated rings. The van der Waals surface area contributed by atoms with Crippen molar-refractivity contribution < 1.29 is 0 Å². The SMILES string of the molecule is CCn1cc(/C=C/c2nc(N(C)C)ncc2Br)nn1. The zero-order chi connectivity index (χ0) is 13.8. The summed E-state index contributed by atoms with van der Waals surface area (Å²) in [6.07, 6.45) is 7.40. The van der Waals surface area contributed by atoms with Gasteiger partial charge in [-0.2, -0.15) is 0 Å². The van der Waals surface area contributed by atoms with Crippen LogP contribution in [0.1, 0.15) is 18.3 Å². The lowest BCUT2D eigenvalue weighted by atomic mass is 10.3. The minimum absolute atomic E-state index is 0.667. The van der Waals surface area contributed by atoms with Crippen LogP contribution in [-0.2, 0) is 6.54 Å². The van der Waals surface area contributed by atoms with Crippen molar-refractivity contribution in [2.75, 3.05) is 19.0 Å².